The smallest absolute Gasteiger partial charge is 0.137 e. The second kappa shape index (κ2) is 3.81. The highest BCUT2D eigenvalue weighted by atomic mass is 79.9. The molecule has 66 valence electrons. The number of phenols is 1. The number of hydrogen-bond donors (Lipinski definition) is 1. The molecule has 3 heteroatoms. The van der Waals surface area contributed by atoms with E-state index in [0.717, 1.165) is 0 Å². The Labute approximate surface area is 80.3 Å². The summed E-state index contributed by atoms with van der Waals surface area (Å²) in [6.45, 7) is 3.88. The molecule has 0 aliphatic heterocycles. The van der Waals surface area contributed by atoms with Gasteiger partial charge in [-0.15, -0.1) is 0 Å². The molecule has 0 fully saturated rings. The number of phenolic OH excluding ortho intramolecular Hbond substituents is 1. The van der Waals surface area contributed by atoms with Crippen molar-refractivity contribution in [1.29, 1.82) is 0 Å². The van der Waals surface area contributed by atoms with Crippen molar-refractivity contribution < 1.29 is 9.84 Å². The van der Waals surface area contributed by atoms with Gasteiger partial charge in [-0.05, 0) is 41.9 Å². The van der Waals surface area contributed by atoms with Gasteiger partial charge in [0.2, 0.25) is 0 Å². The lowest BCUT2D eigenvalue weighted by atomic mass is 10.3. The van der Waals surface area contributed by atoms with E-state index in [9.17, 15) is 5.11 Å². The highest BCUT2D eigenvalue weighted by molar-refractivity contribution is 9.10. The van der Waals surface area contributed by atoms with Gasteiger partial charge in [0, 0.05) is 0 Å². The van der Waals surface area contributed by atoms with Crippen LogP contribution < -0.4 is 4.74 Å². The van der Waals surface area contributed by atoms with E-state index in [2.05, 4.69) is 15.9 Å². The maximum Gasteiger partial charge on any atom is 0.137 e. The van der Waals surface area contributed by atoms with E-state index in [0.29, 0.717) is 10.2 Å². The van der Waals surface area contributed by atoms with E-state index in [1.54, 1.807) is 12.1 Å². The van der Waals surface area contributed by atoms with E-state index >= 15 is 0 Å². The lowest BCUT2D eigenvalue weighted by molar-refractivity contribution is 0.239. The Bertz CT molecular complexity index is 271. The van der Waals surface area contributed by atoms with Gasteiger partial charge >= 0.3 is 0 Å². The minimum absolute atomic E-state index is 0.114. The topological polar surface area (TPSA) is 29.5 Å². The summed E-state index contributed by atoms with van der Waals surface area (Å²) >= 11 is 3.23. The number of ether oxygens (including phenoxy) is 1. The third-order valence-corrected chi connectivity index (χ3v) is 2.10. The predicted molar refractivity (Wildman–Crippen MR) is 51.6 cm³/mol. The summed E-state index contributed by atoms with van der Waals surface area (Å²) in [7, 11) is 0. The molecular weight excluding hydrogens is 220 g/mol. The van der Waals surface area contributed by atoms with Crippen molar-refractivity contribution in [2.24, 2.45) is 0 Å². The molecule has 0 bridgehead atoms. The number of hydrogen-bond acceptors (Lipinski definition) is 2. The first kappa shape index (κ1) is 9.39. The van der Waals surface area contributed by atoms with Crippen LogP contribution in [0, 0.1) is 0 Å². The molecule has 1 aromatic rings. The Kier molecular flexibility index (Phi) is 2.98. The standard InChI is InChI=1S/C9H11BrO2/c1-6(2)12-8-5-3-4-7(11)9(8)10/h3-6,11H,1-2H3. The average molecular weight is 231 g/mol. The molecular formula is C9H11BrO2. The van der Waals surface area contributed by atoms with Crippen LogP contribution in [0.25, 0.3) is 0 Å². The zero-order valence-electron chi connectivity index (χ0n) is 7.04. The van der Waals surface area contributed by atoms with E-state index < -0.39 is 0 Å². The molecule has 0 spiro atoms. The number of rotatable bonds is 2. The molecule has 1 aromatic carbocycles. The second-order valence-electron chi connectivity index (χ2n) is 2.76. The van der Waals surface area contributed by atoms with Gasteiger partial charge in [-0.25, -0.2) is 0 Å². The Morgan fingerprint density at radius 1 is 1.42 bits per heavy atom. The van der Waals surface area contributed by atoms with Crippen LogP contribution in [-0.4, -0.2) is 11.2 Å². The molecule has 0 atom stereocenters. The minimum atomic E-state index is 0.114. The summed E-state index contributed by atoms with van der Waals surface area (Å²) in [5.74, 6) is 0.873. The van der Waals surface area contributed by atoms with E-state index in [1.807, 2.05) is 19.9 Å². The van der Waals surface area contributed by atoms with Crippen molar-refractivity contribution in [3.05, 3.63) is 22.7 Å². The molecule has 1 rings (SSSR count). The van der Waals surface area contributed by atoms with E-state index in [-0.39, 0.29) is 11.9 Å². The number of halogens is 1. The summed E-state index contributed by atoms with van der Waals surface area (Å²) < 4.78 is 6.03. The van der Waals surface area contributed by atoms with Crippen LogP contribution in [0.15, 0.2) is 22.7 Å². The minimum Gasteiger partial charge on any atom is -0.507 e. The average Bonchev–Trinajstić information content (AvgIpc) is 1.98. The Morgan fingerprint density at radius 2 is 2.08 bits per heavy atom. The molecule has 0 aliphatic carbocycles. The van der Waals surface area contributed by atoms with E-state index in [1.165, 1.54) is 0 Å². The second-order valence-corrected chi connectivity index (χ2v) is 3.55. The lowest BCUT2D eigenvalue weighted by Crippen LogP contribution is -2.05. The fraction of sp³-hybridized carbons (Fsp3) is 0.333. The maximum atomic E-state index is 9.29. The van der Waals surface area contributed by atoms with Gasteiger partial charge in [-0.1, -0.05) is 6.07 Å². The Balaban J connectivity index is 2.92. The molecule has 0 unspecified atom stereocenters. The van der Waals surface area contributed by atoms with E-state index in [4.69, 9.17) is 4.74 Å². The van der Waals surface area contributed by atoms with Crippen LogP contribution in [0.5, 0.6) is 11.5 Å². The first-order valence-electron chi connectivity index (χ1n) is 3.75. The van der Waals surface area contributed by atoms with Crippen LogP contribution in [0.4, 0.5) is 0 Å². The molecule has 2 nitrogen and oxygen atoms in total. The number of aromatic hydroxyl groups is 1. The van der Waals surface area contributed by atoms with Crippen molar-refractivity contribution >= 4 is 15.9 Å². The van der Waals surface area contributed by atoms with Crippen LogP contribution >= 0.6 is 15.9 Å². The fourth-order valence-electron chi connectivity index (χ4n) is 0.844. The molecule has 1 N–H and O–H groups in total. The van der Waals surface area contributed by atoms with Crippen LogP contribution in [0.2, 0.25) is 0 Å². The molecule has 0 aromatic heterocycles. The largest absolute Gasteiger partial charge is 0.507 e. The van der Waals surface area contributed by atoms with Crippen LogP contribution in [-0.2, 0) is 0 Å². The van der Waals surface area contributed by atoms with Gasteiger partial charge in [-0.2, -0.15) is 0 Å². The maximum absolute atomic E-state index is 9.29. The van der Waals surface area contributed by atoms with Crippen molar-refractivity contribution in [3.8, 4) is 11.5 Å². The molecule has 0 saturated heterocycles. The highest BCUT2D eigenvalue weighted by Crippen LogP contribution is 2.33. The highest BCUT2D eigenvalue weighted by Gasteiger charge is 2.05. The van der Waals surface area contributed by atoms with Gasteiger partial charge in [0.05, 0.1) is 6.10 Å². The Hall–Kier alpha value is -0.700. The van der Waals surface area contributed by atoms with Crippen molar-refractivity contribution in [3.63, 3.8) is 0 Å². The van der Waals surface area contributed by atoms with Crippen molar-refractivity contribution in [2.75, 3.05) is 0 Å². The first-order chi connectivity index (χ1) is 5.61. The molecule has 0 aliphatic rings. The van der Waals surface area contributed by atoms with Gasteiger partial charge < -0.3 is 9.84 Å². The third kappa shape index (κ3) is 2.14. The van der Waals surface area contributed by atoms with Gasteiger partial charge in [0.25, 0.3) is 0 Å². The fourth-order valence-corrected chi connectivity index (χ4v) is 1.20. The molecule has 12 heavy (non-hydrogen) atoms. The predicted octanol–water partition coefficient (Wildman–Crippen LogP) is 2.94. The Morgan fingerprint density at radius 3 is 2.67 bits per heavy atom. The summed E-state index contributed by atoms with van der Waals surface area (Å²) in [6.07, 6.45) is 0.114. The van der Waals surface area contributed by atoms with Gasteiger partial charge in [0.1, 0.15) is 16.0 Å². The summed E-state index contributed by atoms with van der Waals surface area (Å²) in [5, 5.41) is 9.29. The van der Waals surface area contributed by atoms with Crippen molar-refractivity contribution in [2.45, 2.75) is 20.0 Å². The number of benzene rings is 1. The molecule has 0 saturated carbocycles. The van der Waals surface area contributed by atoms with Gasteiger partial charge in [0.15, 0.2) is 0 Å². The SMILES string of the molecule is CC(C)Oc1cccc(O)c1Br. The van der Waals surface area contributed by atoms with Gasteiger partial charge in [-0.3, -0.25) is 0 Å². The van der Waals surface area contributed by atoms with Crippen LogP contribution in [0.3, 0.4) is 0 Å². The summed E-state index contributed by atoms with van der Waals surface area (Å²) in [6, 6.07) is 5.17. The molecule has 0 heterocycles. The summed E-state index contributed by atoms with van der Waals surface area (Å²) in [5.41, 5.74) is 0. The normalized spacial score (nSPS) is 10.3. The monoisotopic (exact) mass is 230 g/mol. The van der Waals surface area contributed by atoms with Crippen LogP contribution in [0.1, 0.15) is 13.8 Å². The summed E-state index contributed by atoms with van der Waals surface area (Å²) in [4.78, 5) is 0. The molecule has 0 amide bonds. The first-order valence-corrected chi connectivity index (χ1v) is 4.54. The zero-order valence-corrected chi connectivity index (χ0v) is 8.63. The zero-order chi connectivity index (χ0) is 9.14. The lowest BCUT2D eigenvalue weighted by Gasteiger charge is -2.11. The molecule has 0 radical (unpaired) electrons. The quantitative estimate of drug-likeness (QED) is 0.847. The van der Waals surface area contributed by atoms with Crippen molar-refractivity contribution in [1.82, 2.24) is 0 Å². The third-order valence-electron chi connectivity index (χ3n) is 1.31.